The van der Waals surface area contributed by atoms with Gasteiger partial charge in [0, 0.05) is 11.1 Å². The Morgan fingerprint density at radius 1 is 1.52 bits per heavy atom. The third kappa shape index (κ3) is 3.62. The van der Waals surface area contributed by atoms with Crippen LogP contribution in [-0.4, -0.2) is 20.7 Å². The fourth-order valence-corrected chi connectivity index (χ4v) is 4.24. The summed E-state index contributed by atoms with van der Waals surface area (Å²) >= 11 is 7.40. The molecule has 1 N–H and O–H groups in total. The van der Waals surface area contributed by atoms with Crippen molar-refractivity contribution in [3.8, 4) is 0 Å². The Hall–Kier alpha value is -2.12. The Morgan fingerprint density at radius 3 is 3.20 bits per heavy atom. The Bertz CT molecular complexity index is 914. The monoisotopic (exact) mass is 376 g/mol. The molecule has 0 aromatic carbocycles. The number of hydrogen-bond donors (Lipinski definition) is 1. The number of anilines is 1. The summed E-state index contributed by atoms with van der Waals surface area (Å²) in [5.41, 5.74) is 1.12. The fourth-order valence-electron chi connectivity index (χ4n) is 2.92. The van der Waals surface area contributed by atoms with Crippen molar-refractivity contribution >= 4 is 34.0 Å². The zero-order valence-electron chi connectivity index (χ0n) is 13.7. The van der Waals surface area contributed by atoms with Crippen LogP contribution in [0, 0.1) is 5.92 Å². The average Bonchev–Trinajstić information content (AvgIpc) is 3.27. The summed E-state index contributed by atoms with van der Waals surface area (Å²) in [7, 11) is 0. The molecule has 1 aliphatic rings. The van der Waals surface area contributed by atoms with Crippen molar-refractivity contribution in [2.24, 2.45) is 5.92 Å². The van der Waals surface area contributed by atoms with Crippen LogP contribution in [0.25, 0.3) is 0 Å². The highest BCUT2D eigenvalue weighted by atomic mass is 35.5. The molecule has 0 aliphatic heterocycles. The van der Waals surface area contributed by atoms with E-state index in [2.05, 4.69) is 22.3 Å². The number of furan rings is 1. The number of hydrogen-bond acceptors (Lipinski definition) is 5. The number of nitrogens with zero attached hydrogens (tertiary/aromatic N) is 3. The highest BCUT2D eigenvalue weighted by Crippen LogP contribution is 2.32. The first kappa shape index (κ1) is 16.4. The molecule has 0 spiro atoms. The lowest BCUT2D eigenvalue weighted by Crippen LogP contribution is -2.11. The zero-order valence-corrected chi connectivity index (χ0v) is 15.2. The van der Waals surface area contributed by atoms with Crippen molar-refractivity contribution in [3.63, 3.8) is 0 Å². The molecular weight excluding hydrogens is 360 g/mol. The second kappa shape index (κ2) is 6.65. The normalized spacial score (nSPS) is 16.6. The number of nitrogens with one attached hydrogen (secondary N) is 1. The Labute approximate surface area is 153 Å². The Kier molecular flexibility index (Phi) is 4.35. The van der Waals surface area contributed by atoms with E-state index in [1.807, 2.05) is 0 Å². The van der Waals surface area contributed by atoms with Crippen molar-refractivity contribution in [3.05, 3.63) is 51.6 Å². The molecule has 1 amide bonds. The van der Waals surface area contributed by atoms with Crippen LogP contribution in [0.5, 0.6) is 0 Å². The SMILES string of the molecule is CC1CCc2nc(NC(=O)c3ccc(Cn4cc(Cl)cn4)o3)sc2C1. The molecular formula is C17H17ClN4O2S. The molecule has 0 saturated heterocycles. The summed E-state index contributed by atoms with van der Waals surface area (Å²) in [5.74, 6) is 1.29. The van der Waals surface area contributed by atoms with Gasteiger partial charge in [-0.15, -0.1) is 11.3 Å². The van der Waals surface area contributed by atoms with E-state index in [4.69, 9.17) is 16.0 Å². The molecule has 4 rings (SSSR count). The molecule has 8 heteroatoms. The van der Waals surface area contributed by atoms with Crippen molar-refractivity contribution in [2.75, 3.05) is 5.32 Å². The van der Waals surface area contributed by atoms with Crippen LogP contribution >= 0.6 is 22.9 Å². The number of rotatable bonds is 4. The van der Waals surface area contributed by atoms with Crippen LogP contribution in [0.2, 0.25) is 5.02 Å². The number of amides is 1. The fraction of sp³-hybridized carbons (Fsp3) is 0.353. The van der Waals surface area contributed by atoms with Crippen LogP contribution in [0.3, 0.4) is 0 Å². The molecule has 3 heterocycles. The summed E-state index contributed by atoms with van der Waals surface area (Å²) in [4.78, 5) is 18.2. The lowest BCUT2D eigenvalue weighted by Gasteiger charge is -2.15. The molecule has 0 radical (unpaired) electrons. The predicted octanol–water partition coefficient (Wildman–Crippen LogP) is 4.01. The highest BCUT2D eigenvalue weighted by molar-refractivity contribution is 7.15. The van der Waals surface area contributed by atoms with Gasteiger partial charge in [0.25, 0.3) is 5.91 Å². The van der Waals surface area contributed by atoms with E-state index >= 15 is 0 Å². The summed E-state index contributed by atoms with van der Waals surface area (Å²) in [6.07, 6.45) is 6.44. The molecule has 0 bridgehead atoms. The molecule has 1 unspecified atom stereocenters. The number of carbonyl (C=O) groups excluding carboxylic acids is 1. The van der Waals surface area contributed by atoms with Gasteiger partial charge in [0.05, 0.1) is 23.5 Å². The Morgan fingerprint density at radius 2 is 2.40 bits per heavy atom. The molecule has 3 aromatic rings. The molecule has 0 fully saturated rings. The van der Waals surface area contributed by atoms with Gasteiger partial charge in [-0.3, -0.25) is 14.8 Å². The van der Waals surface area contributed by atoms with Crippen LogP contribution in [0.4, 0.5) is 5.13 Å². The quantitative estimate of drug-likeness (QED) is 0.746. The topological polar surface area (TPSA) is 73.0 Å². The van der Waals surface area contributed by atoms with Crippen LogP contribution in [-0.2, 0) is 19.4 Å². The summed E-state index contributed by atoms with van der Waals surface area (Å²) in [5, 5.41) is 8.14. The van der Waals surface area contributed by atoms with Gasteiger partial charge in [-0.05, 0) is 37.3 Å². The molecule has 25 heavy (non-hydrogen) atoms. The van der Waals surface area contributed by atoms with Crippen LogP contribution in [0.15, 0.2) is 28.9 Å². The molecule has 6 nitrogen and oxygen atoms in total. The van der Waals surface area contributed by atoms with Gasteiger partial charge < -0.3 is 4.42 Å². The summed E-state index contributed by atoms with van der Waals surface area (Å²) in [6.45, 7) is 2.67. The lowest BCUT2D eigenvalue weighted by atomic mass is 9.93. The number of thiazole rings is 1. The van der Waals surface area contributed by atoms with Crippen molar-refractivity contribution in [1.82, 2.24) is 14.8 Å². The van der Waals surface area contributed by atoms with Crippen molar-refractivity contribution in [1.29, 1.82) is 0 Å². The standard InChI is InChI=1S/C17H17ClN4O2S/c1-10-2-4-13-15(6-10)25-17(20-13)21-16(23)14-5-3-12(24-14)9-22-8-11(18)7-19-22/h3,5,7-8,10H,2,4,6,9H2,1H3,(H,20,21,23). The van der Waals surface area contributed by atoms with Crippen LogP contribution < -0.4 is 5.32 Å². The maximum absolute atomic E-state index is 12.4. The predicted molar refractivity (Wildman–Crippen MR) is 96.3 cm³/mol. The number of aryl methyl sites for hydroxylation is 1. The zero-order chi connectivity index (χ0) is 17.4. The molecule has 130 valence electrons. The van der Waals surface area contributed by atoms with Gasteiger partial charge in [-0.1, -0.05) is 18.5 Å². The number of carbonyl (C=O) groups is 1. The lowest BCUT2D eigenvalue weighted by molar-refractivity contribution is 0.0994. The second-order valence-corrected chi connectivity index (χ2v) is 7.83. The van der Waals surface area contributed by atoms with E-state index in [0.717, 1.165) is 25.0 Å². The van der Waals surface area contributed by atoms with Gasteiger partial charge in [0.2, 0.25) is 0 Å². The van der Waals surface area contributed by atoms with E-state index in [0.29, 0.717) is 28.4 Å². The average molecular weight is 377 g/mol. The first-order chi connectivity index (χ1) is 12.1. The van der Waals surface area contributed by atoms with Gasteiger partial charge >= 0.3 is 0 Å². The minimum atomic E-state index is -0.288. The van der Waals surface area contributed by atoms with Crippen molar-refractivity contribution in [2.45, 2.75) is 32.7 Å². The first-order valence-electron chi connectivity index (χ1n) is 8.13. The number of fused-ring (bicyclic) bond motifs is 1. The molecule has 0 saturated carbocycles. The van der Waals surface area contributed by atoms with Crippen LogP contribution in [0.1, 0.15) is 40.2 Å². The van der Waals surface area contributed by atoms with Crippen molar-refractivity contribution < 1.29 is 9.21 Å². The molecule has 1 atom stereocenters. The summed E-state index contributed by atoms with van der Waals surface area (Å²) < 4.78 is 7.26. The van der Waals surface area contributed by atoms with Gasteiger partial charge in [-0.2, -0.15) is 5.10 Å². The van der Waals surface area contributed by atoms with Gasteiger partial charge in [0.1, 0.15) is 5.76 Å². The maximum Gasteiger partial charge on any atom is 0.293 e. The number of halogens is 1. The van der Waals surface area contributed by atoms with E-state index in [-0.39, 0.29) is 11.7 Å². The second-order valence-electron chi connectivity index (χ2n) is 6.31. The largest absolute Gasteiger partial charge is 0.454 e. The highest BCUT2D eigenvalue weighted by Gasteiger charge is 2.21. The van der Waals surface area contributed by atoms with E-state index in [9.17, 15) is 4.79 Å². The molecule has 3 aromatic heterocycles. The van der Waals surface area contributed by atoms with Gasteiger partial charge in [-0.25, -0.2) is 4.98 Å². The smallest absolute Gasteiger partial charge is 0.293 e. The maximum atomic E-state index is 12.4. The first-order valence-corrected chi connectivity index (χ1v) is 9.33. The van der Waals surface area contributed by atoms with E-state index in [1.165, 1.54) is 4.88 Å². The third-order valence-corrected chi connectivity index (χ3v) is 5.44. The minimum Gasteiger partial charge on any atom is -0.454 e. The van der Waals surface area contributed by atoms with Gasteiger partial charge in [0.15, 0.2) is 10.9 Å². The Balaban J connectivity index is 1.43. The molecule has 1 aliphatic carbocycles. The number of aromatic nitrogens is 3. The summed E-state index contributed by atoms with van der Waals surface area (Å²) in [6, 6.07) is 3.42. The third-order valence-electron chi connectivity index (χ3n) is 4.21. The minimum absolute atomic E-state index is 0.259. The van der Waals surface area contributed by atoms with E-state index < -0.39 is 0 Å². The van der Waals surface area contributed by atoms with E-state index in [1.54, 1.807) is 40.5 Å².